The zero-order valence-electron chi connectivity index (χ0n) is 23.4. The van der Waals surface area contributed by atoms with E-state index in [0.29, 0.717) is 28.8 Å². The molecule has 210 valence electrons. The van der Waals surface area contributed by atoms with Gasteiger partial charge in [-0.05, 0) is 65.5 Å². The van der Waals surface area contributed by atoms with Crippen LogP contribution in [0.15, 0.2) is 118 Å². The molecule has 1 aliphatic rings. The van der Waals surface area contributed by atoms with E-state index in [-0.39, 0.29) is 0 Å². The Bertz CT molecular complexity index is 2400. The number of hydrogen-bond donors (Lipinski definition) is 0. The number of fused-ring (bicyclic) bond motifs is 5. The van der Waals surface area contributed by atoms with Gasteiger partial charge in [-0.1, -0.05) is 76.6 Å². The molecule has 0 saturated carbocycles. The molecule has 0 amide bonds. The molecular weight excluding hydrogens is 612 g/mol. The summed E-state index contributed by atoms with van der Waals surface area (Å²) in [7, 11) is 0. The van der Waals surface area contributed by atoms with Crippen molar-refractivity contribution in [2.24, 2.45) is 0 Å². The van der Waals surface area contributed by atoms with Crippen molar-refractivity contribution < 1.29 is 4.42 Å². The SMILES string of the molecule is BrC1=Cc2c(oc3c(-c4nc5ccccc5n4-c4ccccc4)nc(-c4nc5ccccc5n4-c4ccccc4)nc23)CC1. The number of halogens is 1. The Hall–Kier alpha value is -5.34. The smallest absolute Gasteiger partial charge is 0.197 e. The van der Waals surface area contributed by atoms with Crippen LogP contribution in [0.3, 0.4) is 0 Å². The molecule has 4 aromatic heterocycles. The van der Waals surface area contributed by atoms with Gasteiger partial charge >= 0.3 is 0 Å². The average Bonchev–Trinajstić information content (AvgIpc) is 3.76. The number of para-hydroxylation sites is 6. The average molecular weight is 636 g/mol. The molecule has 9 rings (SSSR count). The number of aryl methyl sites for hydroxylation is 1. The van der Waals surface area contributed by atoms with Crippen molar-refractivity contribution in [2.75, 3.05) is 0 Å². The number of rotatable bonds is 4. The van der Waals surface area contributed by atoms with Crippen molar-refractivity contribution in [2.45, 2.75) is 12.8 Å². The van der Waals surface area contributed by atoms with Gasteiger partial charge in [0.15, 0.2) is 28.8 Å². The molecule has 4 aromatic carbocycles. The third kappa shape index (κ3) is 3.88. The summed E-state index contributed by atoms with van der Waals surface area (Å²) < 4.78 is 12.0. The monoisotopic (exact) mass is 634 g/mol. The van der Waals surface area contributed by atoms with Crippen LogP contribution in [0.4, 0.5) is 0 Å². The Balaban J connectivity index is 1.41. The number of furan rings is 1. The largest absolute Gasteiger partial charge is 0.456 e. The second-order valence-electron chi connectivity index (χ2n) is 10.8. The maximum Gasteiger partial charge on any atom is 0.197 e. The van der Waals surface area contributed by atoms with Gasteiger partial charge in [0.05, 0.1) is 22.1 Å². The fourth-order valence-corrected chi connectivity index (χ4v) is 6.55. The van der Waals surface area contributed by atoms with Gasteiger partial charge < -0.3 is 4.42 Å². The molecule has 0 atom stereocenters. The summed E-state index contributed by atoms with van der Waals surface area (Å²) in [5.41, 5.74) is 8.62. The Kier molecular flexibility index (Phi) is 5.64. The molecule has 1 aliphatic carbocycles. The van der Waals surface area contributed by atoms with Gasteiger partial charge in [0.2, 0.25) is 0 Å². The molecule has 0 unspecified atom stereocenters. The Labute approximate surface area is 260 Å². The van der Waals surface area contributed by atoms with Crippen LogP contribution >= 0.6 is 15.9 Å². The molecule has 0 bridgehead atoms. The first kappa shape index (κ1) is 25.2. The second-order valence-corrected chi connectivity index (χ2v) is 11.8. The van der Waals surface area contributed by atoms with Crippen LogP contribution < -0.4 is 0 Å². The number of aromatic nitrogens is 6. The highest BCUT2D eigenvalue weighted by Crippen LogP contribution is 2.40. The van der Waals surface area contributed by atoms with Gasteiger partial charge in [0, 0.05) is 23.4 Å². The second kappa shape index (κ2) is 9.86. The summed E-state index contributed by atoms with van der Waals surface area (Å²) in [4.78, 5) is 20.7. The Morgan fingerprint density at radius 1 is 0.591 bits per heavy atom. The maximum atomic E-state index is 6.60. The quantitative estimate of drug-likeness (QED) is 0.193. The number of allylic oxidation sites excluding steroid dienone is 1. The highest BCUT2D eigenvalue weighted by atomic mass is 79.9. The van der Waals surface area contributed by atoms with Gasteiger partial charge in [-0.2, -0.15) is 0 Å². The van der Waals surface area contributed by atoms with E-state index in [1.165, 1.54) is 0 Å². The van der Waals surface area contributed by atoms with Gasteiger partial charge in [-0.25, -0.2) is 19.9 Å². The Morgan fingerprint density at radius 2 is 1.16 bits per heavy atom. The number of hydrogen-bond acceptors (Lipinski definition) is 5. The summed E-state index contributed by atoms with van der Waals surface area (Å²) >= 11 is 3.73. The van der Waals surface area contributed by atoms with Crippen molar-refractivity contribution >= 4 is 55.2 Å². The predicted octanol–water partition coefficient (Wildman–Crippen LogP) is 8.92. The van der Waals surface area contributed by atoms with E-state index in [9.17, 15) is 0 Å². The summed E-state index contributed by atoms with van der Waals surface area (Å²) in [5, 5.41) is 0. The summed E-state index contributed by atoms with van der Waals surface area (Å²) in [5.74, 6) is 2.73. The van der Waals surface area contributed by atoms with E-state index in [1.807, 2.05) is 72.8 Å². The highest BCUT2D eigenvalue weighted by molar-refractivity contribution is 9.11. The fourth-order valence-electron chi connectivity index (χ4n) is 6.13. The maximum absolute atomic E-state index is 6.60. The van der Waals surface area contributed by atoms with Crippen LogP contribution in [0.2, 0.25) is 0 Å². The van der Waals surface area contributed by atoms with Gasteiger partial charge in [0.25, 0.3) is 0 Å². The molecule has 8 heteroatoms. The van der Waals surface area contributed by atoms with E-state index in [2.05, 4.69) is 67.5 Å². The van der Waals surface area contributed by atoms with Crippen molar-refractivity contribution in [3.63, 3.8) is 0 Å². The topological polar surface area (TPSA) is 74.6 Å². The fraction of sp³-hybridized carbons (Fsp3) is 0.0556. The van der Waals surface area contributed by atoms with Gasteiger partial charge in [0.1, 0.15) is 11.3 Å². The van der Waals surface area contributed by atoms with E-state index in [0.717, 1.165) is 67.6 Å². The van der Waals surface area contributed by atoms with E-state index in [1.54, 1.807) is 0 Å². The van der Waals surface area contributed by atoms with Crippen molar-refractivity contribution in [3.8, 4) is 34.5 Å². The summed E-state index contributed by atoms with van der Waals surface area (Å²) in [6.45, 7) is 0. The molecule has 44 heavy (non-hydrogen) atoms. The lowest BCUT2D eigenvalue weighted by Gasteiger charge is -2.12. The first-order valence-electron chi connectivity index (χ1n) is 14.5. The van der Waals surface area contributed by atoms with E-state index >= 15 is 0 Å². The molecule has 0 aliphatic heterocycles. The lowest BCUT2D eigenvalue weighted by molar-refractivity contribution is 0.545. The van der Waals surface area contributed by atoms with Crippen LogP contribution in [-0.4, -0.2) is 29.1 Å². The van der Waals surface area contributed by atoms with E-state index < -0.39 is 0 Å². The molecule has 0 saturated heterocycles. The van der Waals surface area contributed by atoms with Crippen molar-refractivity contribution in [1.29, 1.82) is 0 Å². The van der Waals surface area contributed by atoms with Gasteiger partial charge in [-0.15, -0.1) is 0 Å². The molecule has 0 fully saturated rings. The normalized spacial score (nSPS) is 13.1. The molecule has 0 radical (unpaired) electrons. The lowest BCUT2D eigenvalue weighted by atomic mass is 10.0. The Morgan fingerprint density at radius 3 is 1.82 bits per heavy atom. The first-order valence-corrected chi connectivity index (χ1v) is 15.3. The molecule has 8 aromatic rings. The third-order valence-electron chi connectivity index (χ3n) is 8.10. The van der Waals surface area contributed by atoms with E-state index in [4.69, 9.17) is 24.4 Å². The lowest BCUT2D eigenvalue weighted by Crippen LogP contribution is -2.04. The first-order chi connectivity index (χ1) is 21.7. The van der Waals surface area contributed by atoms with Crippen molar-refractivity contribution in [3.05, 3.63) is 125 Å². The zero-order chi connectivity index (χ0) is 29.2. The van der Waals surface area contributed by atoms with Crippen LogP contribution in [-0.2, 0) is 6.42 Å². The molecule has 4 heterocycles. The van der Waals surface area contributed by atoms with Crippen LogP contribution in [0.1, 0.15) is 17.7 Å². The number of nitrogens with zero attached hydrogens (tertiary/aromatic N) is 6. The number of benzene rings is 4. The van der Waals surface area contributed by atoms with Crippen LogP contribution in [0.25, 0.3) is 73.8 Å². The van der Waals surface area contributed by atoms with Crippen LogP contribution in [0.5, 0.6) is 0 Å². The number of imidazole rings is 2. The minimum atomic E-state index is 0.498. The molecular formula is C36H23BrN6O. The standard InChI is InChI=1S/C36H23BrN6O/c37-22-19-20-30-25(21-22)31-33(44-30)32(35-38-26-15-7-9-17-28(26)42(35)23-11-3-1-4-12-23)41-34(40-31)36-39-27-16-8-10-18-29(27)43(36)24-13-5-2-6-14-24/h1-18,21H,19-20H2. The van der Waals surface area contributed by atoms with Crippen molar-refractivity contribution in [1.82, 2.24) is 29.1 Å². The third-order valence-corrected chi connectivity index (χ3v) is 8.73. The molecule has 7 nitrogen and oxygen atoms in total. The minimum Gasteiger partial charge on any atom is -0.456 e. The van der Waals surface area contributed by atoms with Gasteiger partial charge in [-0.3, -0.25) is 9.13 Å². The molecule has 0 N–H and O–H groups in total. The van der Waals surface area contributed by atoms with Crippen LogP contribution in [0, 0.1) is 0 Å². The molecule has 0 spiro atoms. The summed E-state index contributed by atoms with van der Waals surface area (Å²) in [6.07, 6.45) is 3.76. The highest BCUT2D eigenvalue weighted by Gasteiger charge is 2.28. The predicted molar refractivity (Wildman–Crippen MR) is 177 cm³/mol. The summed E-state index contributed by atoms with van der Waals surface area (Å²) in [6, 6.07) is 36.7. The zero-order valence-corrected chi connectivity index (χ0v) is 24.9. The minimum absolute atomic E-state index is 0.498.